The van der Waals surface area contributed by atoms with Crippen LogP contribution in [0.25, 0.3) is 11.1 Å². The van der Waals surface area contributed by atoms with Gasteiger partial charge in [-0.05, 0) is 29.8 Å². The van der Waals surface area contributed by atoms with Crippen molar-refractivity contribution >= 4 is 17.7 Å². The fourth-order valence-electron chi connectivity index (χ4n) is 1.78. The molecule has 1 aromatic carbocycles. The van der Waals surface area contributed by atoms with Crippen LogP contribution in [-0.2, 0) is 4.74 Å². The summed E-state index contributed by atoms with van der Waals surface area (Å²) >= 11 is 0. The quantitative estimate of drug-likeness (QED) is 0.835. The van der Waals surface area contributed by atoms with Crippen LogP contribution in [0.5, 0.6) is 0 Å². The van der Waals surface area contributed by atoms with Crippen molar-refractivity contribution in [3.8, 4) is 11.1 Å². The molecule has 0 aliphatic rings. The first-order chi connectivity index (χ1) is 9.60. The van der Waals surface area contributed by atoms with Crippen molar-refractivity contribution in [2.75, 3.05) is 12.4 Å². The SMILES string of the molecule is COC(=O)c1cc(NC(N)=O)cc(-c2cccnc2)c1. The average molecular weight is 271 g/mol. The van der Waals surface area contributed by atoms with Gasteiger partial charge in [0.1, 0.15) is 0 Å². The Hall–Kier alpha value is -2.89. The molecule has 0 aliphatic heterocycles. The van der Waals surface area contributed by atoms with Crippen LogP contribution in [0.2, 0.25) is 0 Å². The Morgan fingerprint density at radius 1 is 1.25 bits per heavy atom. The molecule has 6 heteroatoms. The molecule has 2 aromatic rings. The Bertz CT molecular complexity index is 641. The number of anilines is 1. The minimum atomic E-state index is -0.704. The lowest BCUT2D eigenvalue weighted by Gasteiger charge is -2.09. The van der Waals surface area contributed by atoms with Crippen molar-refractivity contribution in [3.63, 3.8) is 0 Å². The molecule has 0 saturated heterocycles. The van der Waals surface area contributed by atoms with Crippen LogP contribution >= 0.6 is 0 Å². The minimum absolute atomic E-state index is 0.317. The Morgan fingerprint density at radius 2 is 2.05 bits per heavy atom. The molecule has 20 heavy (non-hydrogen) atoms. The first-order valence-electron chi connectivity index (χ1n) is 5.80. The average Bonchev–Trinajstić information content (AvgIpc) is 2.46. The van der Waals surface area contributed by atoms with Gasteiger partial charge in [0.15, 0.2) is 0 Å². The lowest BCUT2D eigenvalue weighted by molar-refractivity contribution is 0.0601. The van der Waals surface area contributed by atoms with E-state index in [1.807, 2.05) is 6.07 Å². The fourth-order valence-corrected chi connectivity index (χ4v) is 1.78. The second kappa shape index (κ2) is 5.83. The summed E-state index contributed by atoms with van der Waals surface area (Å²) < 4.78 is 4.69. The van der Waals surface area contributed by atoms with Crippen molar-refractivity contribution < 1.29 is 14.3 Å². The van der Waals surface area contributed by atoms with Gasteiger partial charge < -0.3 is 15.8 Å². The van der Waals surface area contributed by atoms with Crippen molar-refractivity contribution in [2.45, 2.75) is 0 Å². The van der Waals surface area contributed by atoms with Gasteiger partial charge in [0.2, 0.25) is 0 Å². The van der Waals surface area contributed by atoms with Gasteiger partial charge in [-0.3, -0.25) is 4.98 Å². The molecular weight excluding hydrogens is 258 g/mol. The van der Waals surface area contributed by atoms with Crippen LogP contribution in [0.15, 0.2) is 42.7 Å². The second-order valence-corrected chi connectivity index (χ2v) is 4.02. The number of primary amides is 1. The van der Waals surface area contributed by atoms with Gasteiger partial charge in [-0.25, -0.2) is 9.59 Å². The van der Waals surface area contributed by atoms with Gasteiger partial charge >= 0.3 is 12.0 Å². The molecule has 2 rings (SSSR count). The highest BCUT2D eigenvalue weighted by molar-refractivity contribution is 5.95. The van der Waals surface area contributed by atoms with E-state index in [0.29, 0.717) is 11.3 Å². The summed E-state index contributed by atoms with van der Waals surface area (Å²) in [5, 5.41) is 2.44. The van der Waals surface area contributed by atoms with E-state index in [-0.39, 0.29) is 0 Å². The Kier molecular flexibility index (Phi) is 3.95. The Morgan fingerprint density at radius 3 is 2.65 bits per heavy atom. The maximum absolute atomic E-state index is 11.7. The summed E-state index contributed by atoms with van der Waals surface area (Å²) in [5.74, 6) is -0.497. The Labute approximate surface area is 115 Å². The number of benzene rings is 1. The molecule has 2 amide bonds. The van der Waals surface area contributed by atoms with Crippen LogP contribution in [0.3, 0.4) is 0 Å². The molecule has 102 valence electrons. The molecule has 1 aromatic heterocycles. The standard InChI is InChI=1S/C14H13N3O3/c1-20-13(18)11-5-10(9-3-2-4-16-8-9)6-12(7-11)17-14(15)19/h2-8H,1H3,(H3,15,17,19). The number of ether oxygens (including phenoxy) is 1. The molecule has 0 atom stereocenters. The monoisotopic (exact) mass is 271 g/mol. The largest absolute Gasteiger partial charge is 0.465 e. The highest BCUT2D eigenvalue weighted by atomic mass is 16.5. The number of aromatic nitrogens is 1. The zero-order valence-corrected chi connectivity index (χ0v) is 10.8. The summed E-state index contributed by atoms with van der Waals surface area (Å²) in [6.07, 6.45) is 3.31. The van der Waals surface area contributed by atoms with Crippen LogP contribution < -0.4 is 11.1 Å². The van der Waals surface area contributed by atoms with Gasteiger partial charge in [0.05, 0.1) is 12.7 Å². The van der Waals surface area contributed by atoms with E-state index >= 15 is 0 Å². The lowest BCUT2D eigenvalue weighted by atomic mass is 10.0. The number of hydrogen-bond acceptors (Lipinski definition) is 4. The predicted molar refractivity (Wildman–Crippen MR) is 74.2 cm³/mol. The molecule has 6 nitrogen and oxygen atoms in total. The number of carbonyl (C=O) groups is 2. The molecule has 3 N–H and O–H groups in total. The number of carbonyl (C=O) groups excluding carboxylic acids is 2. The second-order valence-electron chi connectivity index (χ2n) is 4.02. The van der Waals surface area contributed by atoms with Gasteiger partial charge in [-0.15, -0.1) is 0 Å². The van der Waals surface area contributed by atoms with Crippen LogP contribution in [0.1, 0.15) is 10.4 Å². The molecular formula is C14H13N3O3. The van der Waals surface area contributed by atoms with E-state index in [2.05, 4.69) is 15.0 Å². The summed E-state index contributed by atoms with van der Waals surface area (Å²) in [6.45, 7) is 0. The molecule has 0 bridgehead atoms. The highest BCUT2D eigenvalue weighted by Crippen LogP contribution is 2.24. The number of nitrogens with zero attached hydrogens (tertiary/aromatic N) is 1. The van der Waals surface area contributed by atoms with Gasteiger partial charge in [-0.2, -0.15) is 0 Å². The van der Waals surface area contributed by atoms with Crippen molar-refractivity contribution in [3.05, 3.63) is 48.3 Å². The number of rotatable bonds is 3. The number of nitrogens with two attached hydrogens (primary N) is 1. The highest BCUT2D eigenvalue weighted by Gasteiger charge is 2.11. The molecule has 0 fully saturated rings. The van der Waals surface area contributed by atoms with E-state index in [1.54, 1.807) is 30.6 Å². The number of nitrogens with one attached hydrogen (secondary N) is 1. The molecule has 0 aliphatic carbocycles. The normalized spacial score (nSPS) is 9.85. The summed E-state index contributed by atoms with van der Waals surface area (Å²) in [4.78, 5) is 26.6. The number of hydrogen-bond donors (Lipinski definition) is 2. The first kappa shape index (κ1) is 13.5. The smallest absolute Gasteiger partial charge is 0.337 e. The summed E-state index contributed by atoms with van der Waals surface area (Å²) in [7, 11) is 1.29. The zero-order chi connectivity index (χ0) is 14.5. The van der Waals surface area contributed by atoms with E-state index in [0.717, 1.165) is 11.1 Å². The number of esters is 1. The van der Waals surface area contributed by atoms with Gasteiger partial charge in [0.25, 0.3) is 0 Å². The zero-order valence-electron chi connectivity index (χ0n) is 10.8. The molecule has 0 spiro atoms. The maximum atomic E-state index is 11.7. The van der Waals surface area contributed by atoms with Crippen LogP contribution in [0, 0.1) is 0 Å². The molecule has 1 heterocycles. The maximum Gasteiger partial charge on any atom is 0.337 e. The van der Waals surface area contributed by atoms with Gasteiger partial charge in [-0.1, -0.05) is 6.07 Å². The third-order valence-corrected chi connectivity index (χ3v) is 2.62. The van der Waals surface area contributed by atoms with Crippen LogP contribution in [0.4, 0.5) is 10.5 Å². The van der Waals surface area contributed by atoms with E-state index in [4.69, 9.17) is 5.73 Å². The molecule has 0 unspecified atom stereocenters. The van der Waals surface area contributed by atoms with Crippen molar-refractivity contribution in [1.29, 1.82) is 0 Å². The Balaban J connectivity index is 2.50. The molecule has 0 saturated carbocycles. The number of pyridine rings is 1. The van der Waals surface area contributed by atoms with E-state index < -0.39 is 12.0 Å². The number of amides is 2. The first-order valence-corrected chi connectivity index (χ1v) is 5.80. The molecule has 0 radical (unpaired) electrons. The van der Waals surface area contributed by atoms with Crippen LogP contribution in [-0.4, -0.2) is 24.1 Å². The third kappa shape index (κ3) is 3.11. The fraction of sp³-hybridized carbons (Fsp3) is 0.0714. The topological polar surface area (TPSA) is 94.3 Å². The predicted octanol–water partition coefficient (Wildman–Crippen LogP) is 2.03. The minimum Gasteiger partial charge on any atom is -0.465 e. The number of urea groups is 1. The lowest BCUT2D eigenvalue weighted by Crippen LogP contribution is -2.19. The van der Waals surface area contributed by atoms with E-state index in [1.165, 1.54) is 13.2 Å². The third-order valence-electron chi connectivity index (χ3n) is 2.62. The number of methoxy groups -OCH3 is 1. The van der Waals surface area contributed by atoms with Crippen molar-refractivity contribution in [2.24, 2.45) is 5.73 Å². The summed E-state index contributed by atoms with van der Waals surface area (Å²) in [5.41, 5.74) is 7.36. The van der Waals surface area contributed by atoms with E-state index in [9.17, 15) is 9.59 Å². The van der Waals surface area contributed by atoms with Gasteiger partial charge in [0, 0.05) is 23.6 Å². The summed E-state index contributed by atoms with van der Waals surface area (Å²) in [6, 6.07) is 7.78. The van der Waals surface area contributed by atoms with Crippen molar-refractivity contribution in [1.82, 2.24) is 4.98 Å².